The number of carbonyl (C=O) groups excluding carboxylic acids is 2. The number of para-hydroxylation sites is 1. The van der Waals surface area contributed by atoms with Gasteiger partial charge in [0.1, 0.15) is 18.2 Å². The number of esters is 1. The number of nitrogens with two attached hydrogens (primary N) is 1. The molecule has 44 heavy (non-hydrogen) atoms. The van der Waals surface area contributed by atoms with Gasteiger partial charge in [-0.3, -0.25) is 9.59 Å². The Labute approximate surface area is 256 Å². The van der Waals surface area contributed by atoms with Gasteiger partial charge in [0.2, 0.25) is 0 Å². The van der Waals surface area contributed by atoms with Gasteiger partial charge >= 0.3 is 11.6 Å². The van der Waals surface area contributed by atoms with E-state index in [9.17, 15) is 24.6 Å². The molecule has 7 rings (SSSR count). The maximum atomic E-state index is 14.2. The minimum atomic E-state index is -1.28. The lowest BCUT2D eigenvalue weighted by atomic mass is 9.42. The van der Waals surface area contributed by atoms with Crippen LogP contribution in [0.3, 0.4) is 0 Å². The molecule has 4 saturated carbocycles. The first-order chi connectivity index (χ1) is 21.0. The minimum absolute atomic E-state index is 0.135. The molecule has 10 atom stereocenters. The third-order valence-electron chi connectivity index (χ3n) is 12.5. The number of fused-ring (bicyclic) bond motifs is 6. The number of rotatable bonds is 5. The lowest BCUT2D eigenvalue weighted by Crippen LogP contribution is -2.70. The van der Waals surface area contributed by atoms with Crippen LogP contribution in [0.4, 0.5) is 0 Å². The molecule has 0 amide bonds. The van der Waals surface area contributed by atoms with Gasteiger partial charge in [0.05, 0.1) is 17.3 Å². The van der Waals surface area contributed by atoms with E-state index in [1.54, 1.807) is 13.0 Å². The highest BCUT2D eigenvalue weighted by atomic mass is 16.5. The van der Waals surface area contributed by atoms with E-state index in [4.69, 9.17) is 14.9 Å². The molecule has 2 aromatic heterocycles. The Balaban J connectivity index is 1.07. The summed E-state index contributed by atoms with van der Waals surface area (Å²) in [5.41, 5.74) is 5.68. The van der Waals surface area contributed by atoms with Crippen LogP contribution in [0.15, 0.2) is 58.1 Å². The summed E-state index contributed by atoms with van der Waals surface area (Å²) >= 11 is 0. The maximum Gasteiger partial charge on any atom is 0.335 e. The Kier molecular flexibility index (Phi) is 6.95. The Bertz CT molecular complexity index is 1640. The average molecular weight is 603 g/mol. The molecule has 2 heterocycles. The third-order valence-corrected chi connectivity index (χ3v) is 12.5. The largest absolute Gasteiger partial charge is 0.461 e. The van der Waals surface area contributed by atoms with Crippen molar-refractivity contribution in [2.24, 2.45) is 34.3 Å². The van der Waals surface area contributed by atoms with Crippen molar-refractivity contribution in [3.05, 3.63) is 70.4 Å². The van der Waals surface area contributed by atoms with Crippen LogP contribution in [0.1, 0.15) is 75.8 Å². The van der Waals surface area contributed by atoms with E-state index in [0.717, 1.165) is 22.9 Å². The number of ether oxygens (including phenoxy) is 1. The second kappa shape index (κ2) is 10.4. The molecule has 0 bridgehead atoms. The van der Waals surface area contributed by atoms with Crippen LogP contribution in [-0.4, -0.2) is 50.8 Å². The van der Waals surface area contributed by atoms with Crippen LogP contribution in [-0.2, 0) is 20.7 Å². The normalized spacial score (nSPS) is 38.9. The van der Waals surface area contributed by atoms with Gasteiger partial charge in [-0.15, -0.1) is 0 Å². The monoisotopic (exact) mass is 602 g/mol. The molecule has 0 unspecified atom stereocenters. The number of aromatic amines is 1. The van der Waals surface area contributed by atoms with Crippen LogP contribution in [0.5, 0.6) is 0 Å². The predicted octanol–water partition coefficient (Wildman–Crippen LogP) is 3.99. The number of ketones is 1. The fourth-order valence-electron chi connectivity index (χ4n) is 10.1. The number of H-pyrrole nitrogens is 1. The van der Waals surface area contributed by atoms with Gasteiger partial charge < -0.3 is 30.1 Å². The molecular formula is C35H42N2O7. The number of aliphatic hydroxyl groups is 2. The molecular weight excluding hydrogens is 560 g/mol. The number of hydrogen-bond donors (Lipinski definition) is 4. The van der Waals surface area contributed by atoms with Gasteiger partial charge in [0.15, 0.2) is 5.78 Å². The molecule has 0 saturated heterocycles. The Morgan fingerprint density at radius 1 is 1.11 bits per heavy atom. The van der Waals surface area contributed by atoms with E-state index in [-0.39, 0.29) is 41.0 Å². The molecule has 4 aliphatic carbocycles. The summed E-state index contributed by atoms with van der Waals surface area (Å²) in [4.78, 5) is 42.1. The molecule has 9 nitrogen and oxygen atoms in total. The summed E-state index contributed by atoms with van der Waals surface area (Å²) in [6.07, 6.45) is 6.62. The van der Waals surface area contributed by atoms with Crippen molar-refractivity contribution in [1.29, 1.82) is 0 Å². The fourth-order valence-corrected chi connectivity index (χ4v) is 10.1. The van der Waals surface area contributed by atoms with Crippen LogP contribution in [0, 0.1) is 28.6 Å². The highest BCUT2D eigenvalue weighted by Gasteiger charge is 2.73. The fraction of sp³-hybridized carbons (Fsp3) is 0.571. The zero-order valence-corrected chi connectivity index (χ0v) is 25.3. The number of nitrogens with one attached hydrogen (secondary N) is 1. The average Bonchev–Trinajstić information content (AvgIpc) is 3.55. The topological polar surface area (TPSA) is 156 Å². The molecule has 1 aromatic carbocycles. The first kappa shape index (κ1) is 29.4. The number of hydrogen-bond acceptors (Lipinski definition) is 8. The number of carbonyl (C=O) groups is 2. The third kappa shape index (κ3) is 4.19. The summed E-state index contributed by atoms with van der Waals surface area (Å²) in [5.74, 6) is -1.59. The number of aliphatic hydroxyl groups excluding tert-OH is 1. The van der Waals surface area contributed by atoms with Gasteiger partial charge in [-0.2, -0.15) is 0 Å². The standard InChI is InChI=1S/C35H42N2O7/c1-33-13-11-22(44-32(41)26(36)15-20-17-37-27-6-4-3-5-23(20)27)16-21(33)8-9-25-29(33)30(39)31(40)34(2)24(12-14-35(25,34)42)19-7-10-28(38)43-18-19/h3-7,10,17-18,21-22,24-26,29-30,37,39,42H,8-9,11-16,36H2,1-2H3/t21-,22+,24-,25-,26+,29-,30+,33+,34+,35+/m1/s1. The molecule has 0 radical (unpaired) electrons. The van der Waals surface area contributed by atoms with Gasteiger partial charge in [-0.25, -0.2) is 4.79 Å². The molecule has 5 N–H and O–H groups in total. The van der Waals surface area contributed by atoms with E-state index < -0.39 is 34.8 Å². The first-order valence-electron chi connectivity index (χ1n) is 16.0. The summed E-state index contributed by atoms with van der Waals surface area (Å²) in [6, 6.07) is 10.1. The number of aromatic nitrogens is 1. The Hall–Kier alpha value is -3.27. The smallest absolute Gasteiger partial charge is 0.335 e. The van der Waals surface area contributed by atoms with Crippen molar-refractivity contribution in [2.75, 3.05) is 0 Å². The van der Waals surface area contributed by atoms with Gasteiger partial charge in [0.25, 0.3) is 0 Å². The van der Waals surface area contributed by atoms with E-state index in [0.29, 0.717) is 50.5 Å². The van der Waals surface area contributed by atoms with Crippen molar-refractivity contribution in [2.45, 2.75) is 95.0 Å². The van der Waals surface area contributed by atoms with Crippen molar-refractivity contribution >= 4 is 22.7 Å². The molecule has 4 fully saturated rings. The maximum absolute atomic E-state index is 14.2. The quantitative estimate of drug-likeness (QED) is 0.320. The van der Waals surface area contributed by atoms with Crippen molar-refractivity contribution in [3.63, 3.8) is 0 Å². The molecule has 9 heteroatoms. The Morgan fingerprint density at radius 3 is 2.68 bits per heavy atom. The van der Waals surface area contributed by atoms with Crippen LogP contribution in [0.25, 0.3) is 10.9 Å². The van der Waals surface area contributed by atoms with E-state index in [1.165, 1.54) is 12.3 Å². The predicted molar refractivity (Wildman–Crippen MR) is 163 cm³/mol. The zero-order valence-electron chi connectivity index (χ0n) is 25.3. The summed E-state index contributed by atoms with van der Waals surface area (Å²) in [7, 11) is 0. The van der Waals surface area contributed by atoms with Crippen LogP contribution in [0.2, 0.25) is 0 Å². The Morgan fingerprint density at radius 2 is 1.91 bits per heavy atom. The minimum Gasteiger partial charge on any atom is -0.461 e. The lowest BCUT2D eigenvalue weighted by molar-refractivity contribution is -0.229. The second-order valence-electron chi connectivity index (χ2n) is 14.3. The second-order valence-corrected chi connectivity index (χ2v) is 14.3. The molecule has 234 valence electrons. The van der Waals surface area contributed by atoms with Gasteiger partial charge in [-0.1, -0.05) is 25.1 Å². The first-order valence-corrected chi connectivity index (χ1v) is 16.0. The summed E-state index contributed by atoms with van der Waals surface area (Å²) in [6.45, 7) is 3.94. The number of benzene rings is 1. The number of Topliss-reactive ketones (excluding diaryl/α,β-unsaturated/α-hetero) is 1. The molecule has 0 spiro atoms. The SMILES string of the molecule is C[C@]12CC[C@H](OC(=O)[C@@H](N)Cc3c[nH]c4ccccc34)C[C@H]1CC[C@@H]1[C@@H]2[C@H](O)C(=O)[C@]2(C)[C@@H](c3ccc(=O)oc3)CC[C@]12O. The van der Waals surface area contributed by atoms with Crippen LogP contribution < -0.4 is 11.4 Å². The summed E-state index contributed by atoms with van der Waals surface area (Å²) in [5, 5.41) is 25.2. The molecule has 3 aromatic rings. The van der Waals surface area contributed by atoms with Crippen molar-refractivity contribution < 1.29 is 29.0 Å². The van der Waals surface area contributed by atoms with Crippen molar-refractivity contribution in [3.8, 4) is 0 Å². The van der Waals surface area contributed by atoms with Gasteiger partial charge in [-0.05, 0) is 92.4 Å². The van der Waals surface area contributed by atoms with Gasteiger partial charge in [0, 0.05) is 41.4 Å². The molecule has 4 aliphatic rings. The summed E-state index contributed by atoms with van der Waals surface area (Å²) < 4.78 is 11.1. The van der Waals surface area contributed by atoms with E-state index >= 15 is 0 Å². The highest BCUT2D eigenvalue weighted by molar-refractivity contribution is 5.93. The van der Waals surface area contributed by atoms with Crippen molar-refractivity contribution in [1.82, 2.24) is 4.98 Å². The van der Waals surface area contributed by atoms with Crippen LogP contribution >= 0.6 is 0 Å². The zero-order chi connectivity index (χ0) is 31.0. The van der Waals surface area contributed by atoms with E-state index in [2.05, 4.69) is 11.9 Å². The lowest BCUT2D eigenvalue weighted by Gasteiger charge is -2.64. The molecule has 0 aliphatic heterocycles. The van der Waals surface area contributed by atoms with E-state index in [1.807, 2.05) is 30.5 Å². The highest BCUT2D eigenvalue weighted by Crippen LogP contribution is 2.69.